The van der Waals surface area contributed by atoms with Crippen LogP contribution >= 0.6 is 0 Å². The average Bonchev–Trinajstić information content (AvgIpc) is 2.61. The molecule has 4 heteroatoms. The van der Waals surface area contributed by atoms with Crippen molar-refractivity contribution in [2.75, 3.05) is 26.7 Å². The zero-order valence-corrected chi connectivity index (χ0v) is 9.61. The second-order valence-electron chi connectivity index (χ2n) is 4.58. The fourth-order valence-corrected chi connectivity index (χ4v) is 2.51. The van der Waals surface area contributed by atoms with Gasteiger partial charge in [0, 0.05) is 6.04 Å². The molecule has 0 N–H and O–H groups in total. The zero-order valence-electron chi connectivity index (χ0n) is 9.61. The Hall–Kier alpha value is -0.770. The van der Waals surface area contributed by atoms with E-state index < -0.39 is 0 Å². The summed E-state index contributed by atoms with van der Waals surface area (Å²) in [6.07, 6.45) is 3.07. The van der Waals surface area contributed by atoms with E-state index in [1.54, 1.807) is 0 Å². The normalized spacial score (nSPS) is 29.6. The predicted molar refractivity (Wildman–Crippen MR) is 57.8 cm³/mol. The number of hydrogen-bond acceptors (Lipinski definition) is 3. The molecule has 0 aromatic heterocycles. The number of rotatable bonds is 2. The standard InChI is InChI=1S/C11H20N2O2/c1-3-9-8-15-11(14)13(9)10-4-6-12(2)7-5-10/h9-10H,3-8H2,1-2H3/t9-/m1/s1. The highest BCUT2D eigenvalue weighted by Crippen LogP contribution is 2.24. The minimum atomic E-state index is -0.101. The summed E-state index contributed by atoms with van der Waals surface area (Å²) in [7, 11) is 2.13. The monoisotopic (exact) mass is 212 g/mol. The summed E-state index contributed by atoms with van der Waals surface area (Å²) in [5.74, 6) is 0. The summed E-state index contributed by atoms with van der Waals surface area (Å²) in [6, 6.07) is 0.715. The number of cyclic esters (lactones) is 1. The molecule has 0 aromatic carbocycles. The first-order chi connectivity index (χ1) is 7.22. The predicted octanol–water partition coefficient (Wildman–Crippen LogP) is 1.31. The summed E-state index contributed by atoms with van der Waals surface area (Å²) >= 11 is 0. The minimum Gasteiger partial charge on any atom is -0.447 e. The van der Waals surface area contributed by atoms with Crippen LogP contribution in [-0.4, -0.2) is 54.7 Å². The minimum absolute atomic E-state index is 0.101. The van der Waals surface area contributed by atoms with Crippen molar-refractivity contribution in [2.45, 2.75) is 38.3 Å². The maximum atomic E-state index is 11.6. The Morgan fingerprint density at radius 2 is 2.07 bits per heavy atom. The number of nitrogens with zero attached hydrogens (tertiary/aromatic N) is 2. The number of piperidine rings is 1. The summed E-state index contributed by atoms with van der Waals surface area (Å²) in [6.45, 7) is 4.88. The molecule has 0 radical (unpaired) electrons. The third kappa shape index (κ3) is 2.09. The van der Waals surface area contributed by atoms with Gasteiger partial charge in [0.25, 0.3) is 0 Å². The molecule has 0 spiro atoms. The number of hydrogen-bond donors (Lipinski definition) is 0. The van der Waals surface area contributed by atoms with Crippen LogP contribution in [0.4, 0.5) is 4.79 Å². The van der Waals surface area contributed by atoms with E-state index >= 15 is 0 Å². The summed E-state index contributed by atoms with van der Waals surface area (Å²) in [4.78, 5) is 15.9. The Morgan fingerprint density at radius 3 is 2.67 bits per heavy atom. The fraction of sp³-hybridized carbons (Fsp3) is 0.909. The van der Waals surface area contributed by atoms with E-state index in [9.17, 15) is 4.79 Å². The van der Waals surface area contributed by atoms with E-state index in [2.05, 4.69) is 18.9 Å². The highest BCUT2D eigenvalue weighted by atomic mass is 16.6. The van der Waals surface area contributed by atoms with E-state index in [4.69, 9.17) is 4.74 Å². The third-order valence-electron chi connectivity index (χ3n) is 3.56. The Balaban J connectivity index is 1.99. The lowest BCUT2D eigenvalue weighted by atomic mass is 10.0. The molecule has 2 saturated heterocycles. The lowest BCUT2D eigenvalue weighted by molar-refractivity contribution is 0.114. The largest absolute Gasteiger partial charge is 0.447 e. The molecule has 2 aliphatic heterocycles. The van der Waals surface area contributed by atoms with Crippen molar-refractivity contribution in [3.63, 3.8) is 0 Å². The van der Waals surface area contributed by atoms with Crippen molar-refractivity contribution in [3.8, 4) is 0 Å². The Bertz CT molecular complexity index is 237. The SMILES string of the molecule is CC[C@@H]1COC(=O)N1C1CCN(C)CC1. The molecular weight excluding hydrogens is 192 g/mol. The molecule has 0 aliphatic carbocycles. The Kier molecular flexibility index (Phi) is 3.14. The van der Waals surface area contributed by atoms with Gasteiger partial charge in [0.2, 0.25) is 0 Å². The van der Waals surface area contributed by atoms with Crippen LogP contribution in [-0.2, 0) is 4.74 Å². The van der Waals surface area contributed by atoms with Crippen LogP contribution in [0.5, 0.6) is 0 Å². The Labute approximate surface area is 91.2 Å². The van der Waals surface area contributed by atoms with Gasteiger partial charge in [-0.1, -0.05) is 6.92 Å². The molecule has 15 heavy (non-hydrogen) atoms. The van der Waals surface area contributed by atoms with Gasteiger partial charge in [-0.05, 0) is 39.4 Å². The maximum absolute atomic E-state index is 11.6. The van der Waals surface area contributed by atoms with Crippen LogP contribution in [0.3, 0.4) is 0 Å². The van der Waals surface area contributed by atoms with Crippen molar-refractivity contribution >= 4 is 6.09 Å². The van der Waals surface area contributed by atoms with Gasteiger partial charge in [-0.15, -0.1) is 0 Å². The quantitative estimate of drug-likeness (QED) is 0.692. The molecule has 2 aliphatic rings. The topological polar surface area (TPSA) is 32.8 Å². The van der Waals surface area contributed by atoms with E-state index in [0.717, 1.165) is 32.4 Å². The molecule has 0 saturated carbocycles. The van der Waals surface area contributed by atoms with Crippen LogP contribution < -0.4 is 0 Å². The molecule has 0 bridgehead atoms. The molecular formula is C11H20N2O2. The zero-order chi connectivity index (χ0) is 10.8. The second kappa shape index (κ2) is 4.39. The van der Waals surface area contributed by atoms with E-state index in [-0.39, 0.29) is 6.09 Å². The number of ether oxygens (including phenoxy) is 1. The molecule has 86 valence electrons. The van der Waals surface area contributed by atoms with Gasteiger partial charge in [-0.3, -0.25) is 4.90 Å². The maximum Gasteiger partial charge on any atom is 0.410 e. The van der Waals surface area contributed by atoms with Crippen LogP contribution in [0.2, 0.25) is 0 Å². The Morgan fingerprint density at radius 1 is 1.40 bits per heavy atom. The van der Waals surface area contributed by atoms with E-state index in [1.165, 1.54) is 0 Å². The van der Waals surface area contributed by atoms with Crippen molar-refractivity contribution in [1.29, 1.82) is 0 Å². The van der Waals surface area contributed by atoms with E-state index in [1.807, 2.05) is 4.90 Å². The van der Waals surface area contributed by atoms with Gasteiger partial charge < -0.3 is 9.64 Å². The lowest BCUT2D eigenvalue weighted by Gasteiger charge is -2.36. The first kappa shape index (κ1) is 10.7. The summed E-state index contributed by atoms with van der Waals surface area (Å²) in [5, 5.41) is 0. The molecule has 1 amide bonds. The molecule has 0 unspecified atom stereocenters. The smallest absolute Gasteiger partial charge is 0.410 e. The van der Waals surface area contributed by atoms with Gasteiger partial charge in [0.05, 0.1) is 6.04 Å². The average molecular weight is 212 g/mol. The third-order valence-corrected chi connectivity index (χ3v) is 3.56. The molecule has 4 nitrogen and oxygen atoms in total. The van der Waals surface area contributed by atoms with Gasteiger partial charge in [-0.2, -0.15) is 0 Å². The summed E-state index contributed by atoms with van der Waals surface area (Å²) < 4.78 is 5.12. The van der Waals surface area contributed by atoms with Gasteiger partial charge in [0.1, 0.15) is 6.61 Å². The van der Waals surface area contributed by atoms with Crippen LogP contribution in [0.1, 0.15) is 26.2 Å². The highest BCUT2D eigenvalue weighted by molar-refractivity contribution is 5.70. The first-order valence-electron chi connectivity index (χ1n) is 5.86. The van der Waals surface area contributed by atoms with Crippen molar-refractivity contribution in [2.24, 2.45) is 0 Å². The summed E-state index contributed by atoms with van der Waals surface area (Å²) in [5.41, 5.74) is 0. The lowest BCUT2D eigenvalue weighted by Crippen LogP contribution is -2.47. The molecule has 1 atom stereocenters. The number of carbonyl (C=O) groups excluding carboxylic acids is 1. The van der Waals surface area contributed by atoms with Crippen LogP contribution in [0, 0.1) is 0 Å². The number of carbonyl (C=O) groups is 1. The van der Waals surface area contributed by atoms with Crippen LogP contribution in [0.15, 0.2) is 0 Å². The number of likely N-dealkylation sites (tertiary alicyclic amines) is 1. The highest BCUT2D eigenvalue weighted by Gasteiger charge is 2.37. The molecule has 2 fully saturated rings. The van der Waals surface area contributed by atoms with Gasteiger partial charge >= 0.3 is 6.09 Å². The van der Waals surface area contributed by atoms with Gasteiger partial charge in [-0.25, -0.2) is 4.79 Å². The fourth-order valence-electron chi connectivity index (χ4n) is 2.51. The second-order valence-corrected chi connectivity index (χ2v) is 4.58. The van der Waals surface area contributed by atoms with Crippen LogP contribution in [0.25, 0.3) is 0 Å². The van der Waals surface area contributed by atoms with Crippen molar-refractivity contribution in [3.05, 3.63) is 0 Å². The molecule has 0 aromatic rings. The first-order valence-corrected chi connectivity index (χ1v) is 5.86. The van der Waals surface area contributed by atoms with Crippen molar-refractivity contribution in [1.82, 2.24) is 9.80 Å². The van der Waals surface area contributed by atoms with Crippen molar-refractivity contribution < 1.29 is 9.53 Å². The number of amides is 1. The van der Waals surface area contributed by atoms with Gasteiger partial charge in [0.15, 0.2) is 0 Å². The molecule has 2 heterocycles. The molecule has 2 rings (SSSR count). The van der Waals surface area contributed by atoms with E-state index in [0.29, 0.717) is 18.7 Å².